The maximum absolute atomic E-state index is 13.5. The number of rotatable bonds is 7. The first kappa shape index (κ1) is 19.3. The average molecular weight is 384 g/mol. The fraction of sp³-hybridized carbons (Fsp3) is 0.286. The van der Waals surface area contributed by atoms with Gasteiger partial charge in [-0.15, -0.1) is 0 Å². The highest BCUT2D eigenvalue weighted by Gasteiger charge is 2.29. The van der Waals surface area contributed by atoms with E-state index in [-0.39, 0.29) is 10.9 Å². The summed E-state index contributed by atoms with van der Waals surface area (Å²) in [6.07, 6.45) is 1.64. The minimum atomic E-state index is -3.69. The van der Waals surface area contributed by atoms with Gasteiger partial charge in [0.2, 0.25) is 10.0 Å². The van der Waals surface area contributed by atoms with Crippen molar-refractivity contribution in [3.05, 3.63) is 83.7 Å². The molecule has 0 amide bonds. The van der Waals surface area contributed by atoms with Gasteiger partial charge in [-0.3, -0.25) is 4.68 Å². The molecular formula is C21H25N3O2S. The van der Waals surface area contributed by atoms with Crippen LogP contribution in [-0.4, -0.2) is 22.5 Å². The van der Waals surface area contributed by atoms with E-state index < -0.39 is 10.0 Å². The summed E-state index contributed by atoms with van der Waals surface area (Å²) in [5.74, 6) is 0. The van der Waals surface area contributed by atoms with Crippen LogP contribution in [0.1, 0.15) is 36.7 Å². The second-order valence-corrected chi connectivity index (χ2v) is 8.80. The van der Waals surface area contributed by atoms with Crippen LogP contribution in [0, 0.1) is 6.92 Å². The molecule has 0 aliphatic heterocycles. The Morgan fingerprint density at radius 1 is 0.926 bits per heavy atom. The standard InChI is InChI=1S/C21H25N3O2S/c1-17(2)24-16-21(18(3)22-24)27(25,26)23(14-19-10-6-4-7-11-19)15-20-12-8-5-9-13-20/h4-13,16-17H,14-15H2,1-3H3. The molecule has 3 aromatic rings. The van der Waals surface area contributed by atoms with Crippen molar-refractivity contribution in [3.8, 4) is 0 Å². The van der Waals surface area contributed by atoms with Gasteiger partial charge in [0.1, 0.15) is 4.90 Å². The molecule has 0 atom stereocenters. The molecule has 0 fully saturated rings. The Morgan fingerprint density at radius 3 is 1.81 bits per heavy atom. The van der Waals surface area contributed by atoms with Crippen molar-refractivity contribution in [3.63, 3.8) is 0 Å². The van der Waals surface area contributed by atoms with Crippen LogP contribution in [-0.2, 0) is 23.1 Å². The quantitative estimate of drug-likeness (QED) is 0.615. The summed E-state index contributed by atoms with van der Waals surface area (Å²) in [5, 5.41) is 4.38. The van der Waals surface area contributed by atoms with Gasteiger partial charge in [0.25, 0.3) is 0 Å². The number of benzene rings is 2. The van der Waals surface area contributed by atoms with Crippen molar-refractivity contribution in [1.29, 1.82) is 0 Å². The zero-order chi connectivity index (χ0) is 19.4. The van der Waals surface area contributed by atoms with Gasteiger partial charge in [-0.2, -0.15) is 9.40 Å². The molecule has 0 unspecified atom stereocenters. The van der Waals surface area contributed by atoms with E-state index in [1.54, 1.807) is 17.8 Å². The summed E-state index contributed by atoms with van der Waals surface area (Å²) >= 11 is 0. The Kier molecular flexibility index (Phi) is 5.77. The largest absolute Gasteiger partial charge is 0.269 e. The molecule has 6 heteroatoms. The zero-order valence-corrected chi connectivity index (χ0v) is 16.7. The van der Waals surface area contributed by atoms with Crippen LogP contribution in [0.5, 0.6) is 0 Å². The number of hydrogen-bond acceptors (Lipinski definition) is 3. The SMILES string of the molecule is Cc1nn(C(C)C)cc1S(=O)(=O)N(Cc1ccccc1)Cc1ccccc1. The molecule has 0 spiro atoms. The van der Waals surface area contributed by atoms with Gasteiger partial charge in [-0.25, -0.2) is 8.42 Å². The van der Waals surface area contributed by atoms with Crippen molar-refractivity contribution in [2.24, 2.45) is 0 Å². The van der Waals surface area contributed by atoms with E-state index in [0.717, 1.165) is 11.1 Å². The van der Waals surface area contributed by atoms with E-state index in [2.05, 4.69) is 5.10 Å². The van der Waals surface area contributed by atoms with Crippen molar-refractivity contribution in [2.75, 3.05) is 0 Å². The monoisotopic (exact) mass is 383 g/mol. The lowest BCUT2D eigenvalue weighted by atomic mass is 10.2. The van der Waals surface area contributed by atoms with Gasteiger partial charge < -0.3 is 0 Å². The smallest absolute Gasteiger partial charge is 0.247 e. The van der Waals surface area contributed by atoms with Crippen LogP contribution in [0.15, 0.2) is 71.8 Å². The molecule has 0 N–H and O–H groups in total. The second kappa shape index (κ2) is 8.06. The van der Waals surface area contributed by atoms with Gasteiger partial charge in [-0.1, -0.05) is 60.7 Å². The maximum atomic E-state index is 13.5. The van der Waals surface area contributed by atoms with Gasteiger partial charge >= 0.3 is 0 Å². The first-order valence-electron chi connectivity index (χ1n) is 9.01. The molecule has 27 heavy (non-hydrogen) atoms. The topological polar surface area (TPSA) is 55.2 Å². The van der Waals surface area contributed by atoms with E-state index in [1.165, 1.54) is 4.31 Å². The van der Waals surface area contributed by atoms with E-state index in [9.17, 15) is 8.42 Å². The van der Waals surface area contributed by atoms with Gasteiger partial charge in [0.15, 0.2) is 0 Å². The lowest BCUT2D eigenvalue weighted by Gasteiger charge is -2.22. The Balaban J connectivity index is 2.00. The van der Waals surface area contributed by atoms with Crippen LogP contribution in [0.2, 0.25) is 0 Å². The predicted octanol–water partition coefficient (Wildman–Crippen LogP) is 4.16. The summed E-state index contributed by atoms with van der Waals surface area (Å²) in [6, 6.07) is 19.4. The lowest BCUT2D eigenvalue weighted by molar-refractivity contribution is 0.400. The molecule has 0 aliphatic rings. The van der Waals surface area contributed by atoms with Crippen LogP contribution in [0.3, 0.4) is 0 Å². The van der Waals surface area contributed by atoms with Gasteiger partial charge in [-0.05, 0) is 31.9 Å². The number of aryl methyl sites for hydroxylation is 1. The van der Waals surface area contributed by atoms with E-state index in [4.69, 9.17) is 0 Å². The van der Waals surface area contributed by atoms with Crippen LogP contribution >= 0.6 is 0 Å². The summed E-state index contributed by atoms with van der Waals surface area (Å²) in [5.41, 5.74) is 2.42. The molecule has 0 aliphatic carbocycles. The van der Waals surface area contributed by atoms with Crippen molar-refractivity contribution in [2.45, 2.75) is 44.8 Å². The number of sulfonamides is 1. The van der Waals surface area contributed by atoms with Crippen molar-refractivity contribution >= 4 is 10.0 Å². The second-order valence-electron chi connectivity index (χ2n) is 6.90. The predicted molar refractivity (Wildman–Crippen MR) is 107 cm³/mol. The summed E-state index contributed by atoms with van der Waals surface area (Å²) in [7, 11) is -3.69. The van der Waals surface area contributed by atoms with E-state index in [1.807, 2.05) is 74.5 Å². The van der Waals surface area contributed by atoms with E-state index in [0.29, 0.717) is 18.8 Å². The first-order chi connectivity index (χ1) is 12.9. The molecule has 3 rings (SSSR count). The summed E-state index contributed by atoms with van der Waals surface area (Å²) < 4.78 is 30.2. The summed E-state index contributed by atoms with van der Waals surface area (Å²) in [6.45, 7) is 6.33. The fourth-order valence-corrected chi connectivity index (χ4v) is 4.49. The fourth-order valence-electron chi connectivity index (χ4n) is 2.92. The molecule has 1 heterocycles. The third kappa shape index (κ3) is 4.46. The minimum Gasteiger partial charge on any atom is -0.269 e. The highest BCUT2D eigenvalue weighted by molar-refractivity contribution is 7.89. The molecule has 0 saturated heterocycles. The van der Waals surface area contributed by atoms with Gasteiger partial charge in [0, 0.05) is 25.3 Å². The number of aromatic nitrogens is 2. The normalized spacial score (nSPS) is 12.0. The Morgan fingerprint density at radius 2 is 1.41 bits per heavy atom. The minimum absolute atomic E-state index is 0.101. The molecular weight excluding hydrogens is 358 g/mol. The number of hydrogen-bond donors (Lipinski definition) is 0. The molecule has 1 aromatic heterocycles. The van der Waals surface area contributed by atoms with Crippen LogP contribution < -0.4 is 0 Å². The average Bonchev–Trinajstić information content (AvgIpc) is 3.06. The lowest BCUT2D eigenvalue weighted by Crippen LogP contribution is -2.30. The maximum Gasteiger partial charge on any atom is 0.247 e. The molecule has 0 bridgehead atoms. The molecule has 5 nitrogen and oxygen atoms in total. The van der Waals surface area contributed by atoms with Crippen LogP contribution in [0.25, 0.3) is 0 Å². The Labute approximate surface area is 161 Å². The number of nitrogens with zero attached hydrogens (tertiary/aromatic N) is 3. The molecule has 0 saturated carbocycles. The third-order valence-electron chi connectivity index (χ3n) is 4.42. The first-order valence-corrected chi connectivity index (χ1v) is 10.5. The highest BCUT2D eigenvalue weighted by atomic mass is 32.2. The van der Waals surface area contributed by atoms with Crippen molar-refractivity contribution in [1.82, 2.24) is 14.1 Å². The third-order valence-corrected chi connectivity index (χ3v) is 6.32. The summed E-state index contributed by atoms with van der Waals surface area (Å²) in [4.78, 5) is 0.267. The zero-order valence-electron chi connectivity index (χ0n) is 15.9. The van der Waals surface area contributed by atoms with E-state index >= 15 is 0 Å². The molecule has 142 valence electrons. The highest BCUT2D eigenvalue weighted by Crippen LogP contribution is 2.24. The molecule has 2 aromatic carbocycles. The Hall–Kier alpha value is -2.44. The van der Waals surface area contributed by atoms with Crippen molar-refractivity contribution < 1.29 is 8.42 Å². The molecule has 0 radical (unpaired) electrons. The Bertz CT molecular complexity index is 939. The van der Waals surface area contributed by atoms with Gasteiger partial charge in [0.05, 0.1) is 5.69 Å². The van der Waals surface area contributed by atoms with Crippen LogP contribution in [0.4, 0.5) is 0 Å².